The third-order valence-electron chi connectivity index (χ3n) is 2.14. The molecule has 1 aromatic carbocycles. The van der Waals surface area contributed by atoms with E-state index in [2.05, 4.69) is 0 Å². The lowest BCUT2D eigenvalue weighted by Gasteiger charge is -2.05. The van der Waals surface area contributed by atoms with E-state index in [9.17, 15) is 8.78 Å². The fraction of sp³-hybridized carbons (Fsp3) is 0.200. The van der Waals surface area contributed by atoms with Crippen LogP contribution in [-0.4, -0.2) is 4.57 Å². The van der Waals surface area contributed by atoms with E-state index in [1.165, 1.54) is 0 Å². The minimum Gasteiger partial charge on any atom is -0.289 e. The van der Waals surface area contributed by atoms with E-state index in [4.69, 9.17) is 0 Å². The molecule has 0 saturated carbocycles. The Morgan fingerprint density at radius 2 is 1.92 bits per heavy atom. The van der Waals surface area contributed by atoms with Crippen LogP contribution in [0.1, 0.15) is 12.2 Å². The quantitative estimate of drug-likeness (QED) is 0.635. The zero-order chi connectivity index (χ0) is 9.42. The van der Waals surface area contributed by atoms with Gasteiger partial charge in [0.1, 0.15) is 0 Å². The van der Waals surface area contributed by atoms with Crippen molar-refractivity contribution in [1.29, 1.82) is 0 Å². The molecule has 0 aliphatic heterocycles. The molecule has 0 amide bonds. The second kappa shape index (κ2) is 2.83. The summed E-state index contributed by atoms with van der Waals surface area (Å²) < 4.78 is 26.1. The largest absolute Gasteiger partial charge is 0.319 e. The minimum absolute atomic E-state index is 0.593. The van der Waals surface area contributed by atoms with Gasteiger partial charge in [-0.2, -0.15) is 8.78 Å². The molecule has 1 heterocycles. The van der Waals surface area contributed by atoms with Crippen molar-refractivity contribution in [3.8, 4) is 0 Å². The average molecular weight is 181 g/mol. The summed E-state index contributed by atoms with van der Waals surface area (Å²) >= 11 is 0. The predicted molar refractivity (Wildman–Crippen MR) is 47.9 cm³/mol. The van der Waals surface area contributed by atoms with E-state index in [1.807, 2.05) is 12.1 Å². The number of rotatable bonds is 1. The molecule has 0 atom stereocenters. The van der Waals surface area contributed by atoms with Crippen molar-refractivity contribution < 1.29 is 8.78 Å². The molecule has 1 nitrogen and oxygen atoms in total. The summed E-state index contributed by atoms with van der Waals surface area (Å²) in [5, 5.41) is 0.861. The molecule has 3 heteroatoms. The zero-order valence-electron chi connectivity index (χ0n) is 7.17. The molecular weight excluding hydrogens is 172 g/mol. The van der Waals surface area contributed by atoms with E-state index in [-0.39, 0.29) is 0 Å². The van der Waals surface area contributed by atoms with Gasteiger partial charge in [0, 0.05) is 11.1 Å². The Balaban J connectivity index is 2.78. The van der Waals surface area contributed by atoms with Crippen molar-refractivity contribution in [2.24, 2.45) is 0 Å². The Bertz CT molecular complexity index is 431. The number of nitrogens with zero attached hydrogens (tertiary/aromatic N) is 1. The van der Waals surface area contributed by atoms with Gasteiger partial charge in [-0.15, -0.1) is 0 Å². The number of para-hydroxylation sites is 1. The number of alkyl halides is 2. The van der Waals surface area contributed by atoms with Crippen molar-refractivity contribution in [2.45, 2.75) is 13.5 Å². The summed E-state index contributed by atoms with van der Waals surface area (Å²) in [6.45, 7) is -0.772. The van der Waals surface area contributed by atoms with E-state index in [1.54, 1.807) is 25.1 Å². The van der Waals surface area contributed by atoms with Crippen molar-refractivity contribution in [3.63, 3.8) is 0 Å². The highest BCUT2D eigenvalue weighted by atomic mass is 19.3. The summed E-state index contributed by atoms with van der Waals surface area (Å²) in [7, 11) is 0. The smallest absolute Gasteiger partial charge is 0.289 e. The van der Waals surface area contributed by atoms with Gasteiger partial charge in [-0.1, -0.05) is 18.2 Å². The number of fused-ring (bicyclic) bond motifs is 1. The topological polar surface area (TPSA) is 4.93 Å². The summed E-state index contributed by atoms with van der Waals surface area (Å²) in [5.74, 6) is 0. The normalized spacial score (nSPS) is 11.4. The molecule has 0 bridgehead atoms. The first-order valence-corrected chi connectivity index (χ1v) is 4.05. The first-order valence-electron chi connectivity index (χ1n) is 4.05. The first kappa shape index (κ1) is 8.23. The molecule has 1 aromatic heterocycles. The van der Waals surface area contributed by atoms with Crippen molar-refractivity contribution >= 4 is 10.9 Å². The number of hydrogen-bond acceptors (Lipinski definition) is 0. The van der Waals surface area contributed by atoms with E-state index < -0.39 is 6.55 Å². The Kier molecular flexibility index (Phi) is 1.79. The lowest BCUT2D eigenvalue weighted by molar-refractivity contribution is 0.0733. The van der Waals surface area contributed by atoms with Gasteiger partial charge in [-0.25, -0.2) is 0 Å². The van der Waals surface area contributed by atoms with Gasteiger partial charge in [0.25, 0.3) is 0 Å². The van der Waals surface area contributed by atoms with Crippen LogP contribution < -0.4 is 0 Å². The maximum atomic E-state index is 12.6. The molecule has 68 valence electrons. The zero-order valence-corrected chi connectivity index (χ0v) is 7.17. The molecule has 2 aromatic rings. The summed E-state index contributed by atoms with van der Waals surface area (Å²) in [6.07, 6.45) is 0. The van der Waals surface area contributed by atoms with Gasteiger partial charge in [-0.05, 0) is 19.1 Å². The van der Waals surface area contributed by atoms with Gasteiger partial charge in [0.2, 0.25) is 0 Å². The monoisotopic (exact) mass is 181 g/mol. The van der Waals surface area contributed by atoms with Gasteiger partial charge < -0.3 is 0 Å². The average Bonchev–Trinajstić information content (AvgIpc) is 2.39. The van der Waals surface area contributed by atoms with Crippen LogP contribution in [0.25, 0.3) is 10.9 Å². The number of aryl methyl sites for hydroxylation is 1. The molecule has 0 N–H and O–H groups in total. The highest BCUT2D eigenvalue weighted by Gasteiger charge is 2.11. The summed E-state index contributed by atoms with van der Waals surface area (Å²) in [5.41, 5.74) is 1.19. The van der Waals surface area contributed by atoms with Gasteiger partial charge in [0.05, 0.1) is 5.52 Å². The van der Waals surface area contributed by atoms with Crippen LogP contribution in [0.4, 0.5) is 8.78 Å². The fourth-order valence-electron chi connectivity index (χ4n) is 1.57. The van der Waals surface area contributed by atoms with Crippen LogP contribution >= 0.6 is 0 Å². The number of benzene rings is 1. The maximum Gasteiger partial charge on any atom is 0.319 e. The van der Waals surface area contributed by atoms with Crippen LogP contribution in [0.3, 0.4) is 0 Å². The molecule has 0 radical (unpaired) electrons. The lowest BCUT2D eigenvalue weighted by Crippen LogP contribution is -1.98. The van der Waals surface area contributed by atoms with E-state index >= 15 is 0 Å². The molecule has 2 rings (SSSR count). The Hall–Kier alpha value is -1.38. The maximum absolute atomic E-state index is 12.6. The van der Waals surface area contributed by atoms with Crippen molar-refractivity contribution in [3.05, 3.63) is 36.0 Å². The fourth-order valence-corrected chi connectivity index (χ4v) is 1.57. The van der Waals surface area contributed by atoms with Crippen LogP contribution in [0, 0.1) is 6.92 Å². The first-order chi connectivity index (χ1) is 6.20. The van der Waals surface area contributed by atoms with Crippen LogP contribution in [0.2, 0.25) is 0 Å². The van der Waals surface area contributed by atoms with E-state index in [0.717, 1.165) is 9.95 Å². The molecular formula is C10H9F2N. The molecule has 0 spiro atoms. The molecule has 0 saturated heterocycles. The SMILES string of the molecule is Cc1cc2ccccc2n1C(F)F. The van der Waals surface area contributed by atoms with Crippen molar-refractivity contribution in [1.82, 2.24) is 4.57 Å². The summed E-state index contributed by atoms with van der Waals surface area (Å²) in [6, 6.07) is 8.91. The number of aromatic nitrogens is 1. The standard InChI is InChI=1S/C10H9F2N/c1-7-6-8-4-2-3-5-9(8)13(7)10(11)12/h2-6,10H,1H3. The second-order valence-electron chi connectivity index (χ2n) is 2.99. The second-order valence-corrected chi connectivity index (χ2v) is 2.99. The highest BCUT2D eigenvalue weighted by Crippen LogP contribution is 2.24. The molecule has 0 fully saturated rings. The van der Waals surface area contributed by atoms with Gasteiger partial charge in [-0.3, -0.25) is 4.57 Å². The summed E-state index contributed by atoms with van der Waals surface area (Å²) in [4.78, 5) is 0. The van der Waals surface area contributed by atoms with Crippen LogP contribution in [0.15, 0.2) is 30.3 Å². The minimum atomic E-state index is -2.46. The van der Waals surface area contributed by atoms with Gasteiger partial charge >= 0.3 is 6.55 Å². The predicted octanol–water partition coefficient (Wildman–Crippen LogP) is 3.34. The third kappa shape index (κ3) is 1.20. The molecule has 0 aliphatic rings. The molecule has 0 unspecified atom stereocenters. The Morgan fingerprint density at radius 3 is 2.62 bits per heavy atom. The third-order valence-corrected chi connectivity index (χ3v) is 2.14. The Morgan fingerprint density at radius 1 is 1.23 bits per heavy atom. The van der Waals surface area contributed by atoms with E-state index in [0.29, 0.717) is 11.2 Å². The molecule has 0 aliphatic carbocycles. The highest BCUT2D eigenvalue weighted by molar-refractivity contribution is 5.81. The number of halogens is 2. The van der Waals surface area contributed by atoms with Crippen LogP contribution in [0.5, 0.6) is 0 Å². The van der Waals surface area contributed by atoms with Crippen LogP contribution in [-0.2, 0) is 0 Å². The number of hydrogen-bond donors (Lipinski definition) is 0. The molecule has 13 heavy (non-hydrogen) atoms. The van der Waals surface area contributed by atoms with Crippen molar-refractivity contribution in [2.75, 3.05) is 0 Å². The Labute approximate surface area is 74.6 Å². The van der Waals surface area contributed by atoms with Gasteiger partial charge in [0.15, 0.2) is 0 Å². The lowest BCUT2D eigenvalue weighted by atomic mass is 10.2.